The third-order valence-electron chi connectivity index (χ3n) is 5.18. The van der Waals surface area contributed by atoms with E-state index in [1.54, 1.807) is 0 Å². The predicted molar refractivity (Wildman–Crippen MR) is 110 cm³/mol. The van der Waals surface area contributed by atoms with Crippen LogP contribution in [-0.4, -0.2) is 29.5 Å². The lowest BCUT2D eigenvalue weighted by Gasteiger charge is -2.31. The minimum absolute atomic E-state index is 0.303. The number of halogens is 2. The Morgan fingerprint density at radius 2 is 1.88 bits per heavy atom. The van der Waals surface area contributed by atoms with Gasteiger partial charge in [-0.3, -0.25) is 4.90 Å². The molecular formula is C21H23Cl2N3. The van der Waals surface area contributed by atoms with E-state index in [2.05, 4.69) is 46.4 Å². The van der Waals surface area contributed by atoms with E-state index in [9.17, 15) is 0 Å². The van der Waals surface area contributed by atoms with E-state index in [1.165, 1.54) is 27.7 Å². The number of hydrogen-bond donors (Lipinski definition) is 2. The monoisotopic (exact) mass is 387 g/mol. The molecule has 2 aromatic carbocycles. The first kappa shape index (κ1) is 17.9. The molecular weight excluding hydrogens is 365 g/mol. The third kappa shape index (κ3) is 3.63. The van der Waals surface area contributed by atoms with Gasteiger partial charge < -0.3 is 10.3 Å². The van der Waals surface area contributed by atoms with Crippen molar-refractivity contribution in [1.29, 1.82) is 0 Å². The number of nitrogens with one attached hydrogen (secondary N) is 2. The summed E-state index contributed by atoms with van der Waals surface area (Å²) in [7, 11) is 0. The minimum atomic E-state index is 0.303. The van der Waals surface area contributed by atoms with E-state index in [1.807, 2.05) is 18.2 Å². The van der Waals surface area contributed by atoms with Gasteiger partial charge in [-0.05, 0) is 54.4 Å². The van der Waals surface area contributed by atoms with E-state index >= 15 is 0 Å². The van der Waals surface area contributed by atoms with Gasteiger partial charge in [0.2, 0.25) is 0 Å². The van der Waals surface area contributed by atoms with Gasteiger partial charge in [0.25, 0.3) is 0 Å². The van der Waals surface area contributed by atoms with Crippen molar-refractivity contribution in [2.24, 2.45) is 0 Å². The molecule has 1 aliphatic rings. The van der Waals surface area contributed by atoms with Gasteiger partial charge in [-0.25, -0.2) is 0 Å². The lowest BCUT2D eigenvalue weighted by Crippen LogP contribution is -2.38. The van der Waals surface area contributed by atoms with E-state index < -0.39 is 0 Å². The second kappa shape index (κ2) is 7.61. The summed E-state index contributed by atoms with van der Waals surface area (Å²) in [6.45, 7) is 6.07. The molecule has 5 heteroatoms. The number of fused-ring (bicyclic) bond motifs is 3. The zero-order chi connectivity index (χ0) is 18.1. The fraction of sp³-hybridized carbons (Fsp3) is 0.333. The van der Waals surface area contributed by atoms with Crippen molar-refractivity contribution in [3.05, 3.63) is 69.3 Å². The summed E-state index contributed by atoms with van der Waals surface area (Å²) in [5.74, 6) is 0. The average Bonchev–Trinajstić information content (AvgIpc) is 2.99. The third-order valence-corrected chi connectivity index (χ3v) is 5.67. The molecule has 3 aromatic rings. The van der Waals surface area contributed by atoms with Gasteiger partial charge in [-0.15, -0.1) is 0 Å². The number of H-pyrrole nitrogens is 1. The molecule has 0 bridgehead atoms. The Morgan fingerprint density at radius 1 is 1.12 bits per heavy atom. The standard InChI is InChI=1S/C21H23Cl2N3/c1-2-24-20(14-3-5-15(22)6-4-14)12-26-10-9-17-18-11-16(23)7-8-19(18)25-21(17)13-26/h3-8,11,20,24-25H,2,9-10,12-13H2,1H3. The summed E-state index contributed by atoms with van der Waals surface area (Å²) in [4.78, 5) is 6.10. The molecule has 2 heterocycles. The highest BCUT2D eigenvalue weighted by Gasteiger charge is 2.23. The topological polar surface area (TPSA) is 31.1 Å². The highest BCUT2D eigenvalue weighted by Crippen LogP contribution is 2.30. The summed E-state index contributed by atoms with van der Waals surface area (Å²) in [5, 5.41) is 6.47. The smallest absolute Gasteiger partial charge is 0.0460 e. The maximum atomic E-state index is 6.19. The molecule has 1 unspecified atom stereocenters. The molecule has 1 aromatic heterocycles. The van der Waals surface area contributed by atoms with Crippen molar-refractivity contribution in [2.75, 3.05) is 19.6 Å². The summed E-state index contributed by atoms with van der Waals surface area (Å²) in [6, 6.07) is 14.6. The molecule has 2 N–H and O–H groups in total. The quantitative estimate of drug-likeness (QED) is 0.631. The molecule has 0 radical (unpaired) electrons. The Kier molecular flexibility index (Phi) is 5.23. The van der Waals surface area contributed by atoms with Crippen molar-refractivity contribution in [3.63, 3.8) is 0 Å². The fourth-order valence-corrected chi connectivity index (χ4v) is 4.21. The second-order valence-electron chi connectivity index (χ2n) is 6.92. The number of rotatable bonds is 5. The molecule has 0 aliphatic carbocycles. The number of aromatic amines is 1. The van der Waals surface area contributed by atoms with E-state index in [4.69, 9.17) is 23.2 Å². The summed E-state index contributed by atoms with van der Waals surface area (Å²) >= 11 is 12.2. The highest BCUT2D eigenvalue weighted by atomic mass is 35.5. The number of hydrogen-bond acceptors (Lipinski definition) is 2. The van der Waals surface area contributed by atoms with Crippen LogP contribution in [0.2, 0.25) is 10.0 Å². The lowest BCUT2D eigenvalue weighted by molar-refractivity contribution is 0.224. The molecule has 0 amide bonds. The molecule has 3 nitrogen and oxygen atoms in total. The van der Waals surface area contributed by atoms with Gasteiger partial charge in [0, 0.05) is 52.3 Å². The van der Waals surface area contributed by atoms with E-state index in [0.29, 0.717) is 6.04 Å². The van der Waals surface area contributed by atoms with Gasteiger partial charge in [0.1, 0.15) is 0 Å². The number of likely N-dealkylation sites (N-methyl/N-ethyl adjacent to an activating group) is 1. The van der Waals surface area contributed by atoms with Crippen molar-refractivity contribution < 1.29 is 0 Å². The van der Waals surface area contributed by atoms with Crippen LogP contribution in [0.25, 0.3) is 10.9 Å². The minimum Gasteiger partial charge on any atom is -0.357 e. The van der Waals surface area contributed by atoms with Crippen LogP contribution < -0.4 is 5.32 Å². The lowest BCUT2D eigenvalue weighted by atomic mass is 10.0. The molecule has 4 rings (SSSR count). The largest absolute Gasteiger partial charge is 0.357 e. The van der Waals surface area contributed by atoms with Crippen LogP contribution in [0.4, 0.5) is 0 Å². The second-order valence-corrected chi connectivity index (χ2v) is 7.79. The van der Waals surface area contributed by atoms with Gasteiger partial charge in [-0.2, -0.15) is 0 Å². The Morgan fingerprint density at radius 3 is 2.65 bits per heavy atom. The molecule has 0 saturated heterocycles. The normalized spacial score (nSPS) is 16.0. The van der Waals surface area contributed by atoms with Crippen LogP contribution in [0.3, 0.4) is 0 Å². The van der Waals surface area contributed by atoms with E-state index in [-0.39, 0.29) is 0 Å². The van der Waals surface area contributed by atoms with Gasteiger partial charge in [0.05, 0.1) is 0 Å². The van der Waals surface area contributed by atoms with Gasteiger partial charge in [0.15, 0.2) is 0 Å². The molecule has 0 saturated carbocycles. The maximum absolute atomic E-state index is 6.19. The molecule has 1 aliphatic heterocycles. The number of nitrogens with zero attached hydrogens (tertiary/aromatic N) is 1. The fourth-order valence-electron chi connectivity index (χ4n) is 3.91. The highest BCUT2D eigenvalue weighted by molar-refractivity contribution is 6.31. The molecule has 26 heavy (non-hydrogen) atoms. The van der Waals surface area contributed by atoms with E-state index in [0.717, 1.165) is 42.6 Å². The summed E-state index contributed by atoms with van der Waals surface area (Å²) in [5.41, 5.74) is 5.21. The molecule has 0 spiro atoms. The zero-order valence-corrected chi connectivity index (χ0v) is 16.4. The first-order valence-corrected chi connectivity index (χ1v) is 9.90. The number of benzene rings is 2. The molecule has 0 fully saturated rings. The molecule has 1 atom stereocenters. The SMILES string of the molecule is CCNC(CN1CCc2c([nH]c3ccc(Cl)cc23)C1)c1ccc(Cl)cc1. The summed E-state index contributed by atoms with van der Waals surface area (Å²) in [6.07, 6.45) is 1.05. The Bertz CT molecular complexity index is 902. The Labute approximate surface area is 164 Å². The van der Waals surface area contributed by atoms with Crippen LogP contribution >= 0.6 is 23.2 Å². The first-order chi connectivity index (χ1) is 12.6. The predicted octanol–water partition coefficient (Wildman–Crippen LogP) is 5.18. The van der Waals surface area contributed by atoms with Crippen LogP contribution in [0.15, 0.2) is 42.5 Å². The van der Waals surface area contributed by atoms with Gasteiger partial charge >= 0.3 is 0 Å². The Balaban J connectivity index is 1.54. The van der Waals surface area contributed by atoms with Crippen LogP contribution in [0.5, 0.6) is 0 Å². The molecule has 136 valence electrons. The number of aromatic nitrogens is 1. The van der Waals surface area contributed by atoms with Crippen molar-refractivity contribution in [1.82, 2.24) is 15.2 Å². The Hall–Kier alpha value is -1.52. The first-order valence-electron chi connectivity index (χ1n) is 9.14. The van der Waals surface area contributed by atoms with Crippen molar-refractivity contribution in [3.8, 4) is 0 Å². The average molecular weight is 388 g/mol. The van der Waals surface area contributed by atoms with Crippen molar-refractivity contribution in [2.45, 2.75) is 25.9 Å². The maximum Gasteiger partial charge on any atom is 0.0460 e. The van der Waals surface area contributed by atoms with Crippen molar-refractivity contribution >= 4 is 34.1 Å². The zero-order valence-electron chi connectivity index (χ0n) is 14.9. The van der Waals surface area contributed by atoms with Crippen LogP contribution in [0.1, 0.15) is 29.8 Å². The van der Waals surface area contributed by atoms with Crippen LogP contribution in [0, 0.1) is 0 Å². The van der Waals surface area contributed by atoms with Gasteiger partial charge in [-0.1, -0.05) is 42.3 Å². The van der Waals surface area contributed by atoms with Crippen LogP contribution in [-0.2, 0) is 13.0 Å². The summed E-state index contributed by atoms with van der Waals surface area (Å²) < 4.78 is 0.